The number of hydrogen-bond donors (Lipinski definition) is 1. The van der Waals surface area contributed by atoms with Crippen LogP contribution in [0.3, 0.4) is 0 Å². The fourth-order valence-corrected chi connectivity index (χ4v) is 2.29. The Morgan fingerprint density at radius 1 is 1.31 bits per heavy atom. The highest BCUT2D eigenvalue weighted by Crippen LogP contribution is 2.37. The van der Waals surface area contributed by atoms with Crippen molar-refractivity contribution in [3.63, 3.8) is 0 Å². The lowest BCUT2D eigenvalue weighted by atomic mass is 9.77. The molecule has 1 saturated heterocycles. The van der Waals surface area contributed by atoms with Gasteiger partial charge in [-0.15, -0.1) is 0 Å². The first-order valence-corrected chi connectivity index (χ1v) is 5.88. The Hall–Kier alpha value is -0.860. The molecule has 2 rings (SSSR count). The maximum Gasteiger partial charge on any atom is 0.0542 e. The van der Waals surface area contributed by atoms with Gasteiger partial charge in [-0.1, -0.05) is 36.8 Å². The standard InChI is InChI=1S/C14H20O2/c1-11-3-5-12(6-4-11)13(8-15)7-14(2)9-16-10-14/h3-6,13,15H,7-10H2,1-2H3. The van der Waals surface area contributed by atoms with Crippen LogP contribution in [0.25, 0.3) is 0 Å². The lowest BCUT2D eigenvalue weighted by molar-refractivity contribution is -0.110. The van der Waals surface area contributed by atoms with E-state index < -0.39 is 0 Å². The largest absolute Gasteiger partial charge is 0.396 e. The molecule has 0 bridgehead atoms. The van der Waals surface area contributed by atoms with E-state index in [4.69, 9.17) is 4.74 Å². The summed E-state index contributed by atoms with van der Waals surface area (Å²) >= 11 is 0. The van der Waals surface area contributed by atoms with E-state index >= 15 is 0 Å². The minimum absolute atomic E-state index is 0.221. The van der Waals surface area contributed by atoms with Crippen LogP contribution in [0.2, 0.25) is 0 Å². The first-order chi connectivity index (χ1) is 7.63. The Bertz CT molecular complexity index is 338. The second kappa shape index (κ2) is 4.56. The zero-order valence-corrected chi connectivity index (χ0v) is 10.1. The Labute approximate surface area is 97.3 Å². The van der Waals surface area contributed by atoms with Gasteiger partial charge in [-0.2, -0.15) is 0 Å². The lowest BCUT2D eigenvalue weighted by Crippen LogP contribution is -2.41. The Morgan fingerprint density at radius 3 is 2.38 bits per heavy atom. The van der Waals surface area contributed by atoms with E-state index in [1.165, 1.54) is 11.1 Å². The summed E-state index contributed by atoms with van der Waals surface area (Å²) in [6.45, 7) is 6.19. The fraction of sp³-hybridized carbons (Fsp3) is 0.571. The lowest BCUT2D eigenvalue weighted by Gasteiger charge is -2.40. The number of aryl methyl sites for hydroxylation is 1. The molecule has 16 heavy (non-hydrogen) atoms. The highest BCUT2D eigenvalue weighted by molar-refractivity contribution is 5.25. The van der Waals surface area contributed by atoms with Gasteiger partial charge in [0.25, 0.3) is 0 Å². The van der Waals surface area contributed by atoms with E-state index in [-0.39, 0.29) is 17.9 Å². The molecule has 1 heterocycles. The summed E-state index contributed by atoms with van der Waals surface area (Å²) in [4.78, 5) is 0. The van der Waals surface area contributed by atoms with Crippen molar-refractivity contribution < 1.29 is 9.84 Å². The van der Waals surface area contributed by atoms with Crippen molar-refractivity contribution in [1.29, 1.82) is 0 Å². The zero-order valence-electron chi connectivity index (χ0n) is 10.1. The van der Waals surface area contributed by atoms with E-state index in [0.29, 0.717) is 0 Å². The maximum atomic E-state index is 9.49. The first kappa shape index (κ1) is 11.6. The molecule has 1 aromatic carbocycles. The van der Waals surface area contributed by atoms with Gasteiger partial charge in [-0.05, 0) is 18.9 Å². The van der Waals surface area contributed by atoms with Crippen LogP contribution in [0.1, 0.15) is 30.4 Å². The van der Waals surface area contributed by atoms with Crippen molar-refractivity contribution in [3.05, 3.63) is 35.4 Å². The monoisotopic (exact) mass is 220 g/mol. The second-order valence-electron chi connectivity index (χ2n) is 5.30. The van der Waals surface area contributed by atoms with Gasteiger partial charge < -0.3 is 9.84 Å². The number of hydrogen-bond acceptors (Lipinski definition) is 2. The molecule has 1 N–H and O–H groups in total. The summed E-state index contributed by atoms with van der Waals surface area (Å²) in [7, 11) is 0. The Balaban J connectivity index is 2.07. The van der Waals surface area contributed by atoms with E-state index in [1.807, 2.05) is 0 Å². The summed E-state index contributed by atoms with van der Waals surface area (Å²) in [5, 5.41) is 9.49. The predicted octanol–water partition coefficient (Wildman–Crippen LogP) is 2.50. The van der Waals surface area contributed by atoms with Crippen molar-refractivity contribution >= 4 is 0 Å². The number of benzene rings is 1. The number of rotatable bonds is 4. The van der Waals surface area contributed by atoms with Crippen molar-refractivity contribution in [2.45, 2.75) is 26.2 Å². The van der Waals surface area contributed by atoms with Crippen molar-refractivity contribution in [1.82, 2.24) is 0 Å². The van der Waals surface area contributed by atoms with E-state index in [2.05, 4.69) is 38.1 Å². The number of aliphatic hydroxyl groups excluding tert-OH is 1. The van der Waals surface area contributed by atoms with Crippen LogP contribution in [0, 0.1) is 12.3 Å². The third-order valence-electron chi connectivity index (χ3n) is 3.41. The van der Waals surface area contributed by atoms with Gasteiger partial charge in [0.2, 0.25) is 0 Å². The van der Waals surface area contributed by atoms with Crippen molar-refractivity contribution in [2.24, 2.45) is 5.41 Å². The fourth-order valence-electron chi connectivity index (χ4n) is 2.29. The topological polar surface area (TPSA) is 29.5 Å². The summed E-state index contributed by atoms with van der Waals surface area (Å²) in [5.41, 5.74) is 2.76. The van der Waals surface area contributed by atoms with Crippen LogP contribution in [0.4, 0.5) is 0 Å². The highest BCUT2D eigenvalue weighted by atomic mass is 16.5. The van der Waals surface area contributed by atoms with Gasteiger partial charge in [-0.25, -0.2) is 0 Å². The molecule has 2 nitrogen and oxygen atoms in total. The van der Waals surface area contributed by atoms with E-state index in [1.54, 1.807) is 0 Å². The molecule has 1 fully saturated rings. The quantitative estimate of drug-likeness (QED) is 0.844. The molecular weight excluding hydrogens is 200 g/mol. The summed E-state index contributed by atoms with van der Waals surface area (Å²) < 4.78 is 5.26. The molecule has 0 amide bonds. The van der Waals surface area contributed by atoms with Crippen LogP contribution in [-0.2, 0) is 4.74 Å². The molecule has 88 valence electrons. The molecule has 1 aliphatic rings. The van der Waals surface area contributed by atoms with Gasteiger partial charge >= 0.3 is 0 Å². The molecule has 2 heteroatoms. The SMILES string of the molecule is Cc1ccc(C(CO)CC2(C)COC2)cc1. The third kappa shape index (κ3) is 2.45. The molecule has 0 aromatic heterocycles. The Kier molecular flexibility index (Phi) is 3.31. The molecule has 1 aromatic rings. The second-order valence-corrected chi connectivity index (χ2v) is 5.30. The first-order valence-electron chi connectivity index (χ1n) is 5.88. The van der Waals surface area contributed by atoms with Crippen LogP contribution in [-0.4, -0.2) is 24.9 Å². The minimum Gasteiger partial charge on any atom is -0.396 e. The van der Waals surface area contributed by atoms with Crippen molar-refractivity contribution in [2.75, 3.05) is 19.8 Å². The van der Waals surface area contributed by atoms with Gasteiger partial charge in [0.05, 0.1) is 13.2 Å². The average molecular weight is 220 g/mol. The molecule has 0 radical (unpaired) electrons. The smallest absolute Gasteiger partial charge is 0.0542 e. The van der Waals surface area contributed by atoms with E-state index in [0.717, 1.165) is 19.6 Å². The van der Waals surface area contributed by atoms with Crippen molar-refractivity contribution in [3.8, 4) is 0 Å². The molecule has 0 spiro atoms. The zero-order chi connectivity index (χ0) is 11.6. The van der Waals surface area contributed by atoms with Crippen LogP contribution in [0.15, 0.2) is 24.3 Å². The van der Waals surface area contributed by atoms with Crippen LogP contribution in [0.5, 0.6) is 0 Å². The normalized spacial score (nSPS) is 20.2. The van der Waals surface area contributed by atoms with Gasteiger partial charge in [-0.3, -0.25) is 0 Å². The van der Waals surface area contributed by atoms with Gasteiger partial charge in [0.15, 0.2) is 0 Å². The number of aliphatic hydroxyl groups is 1. The summed E-state index contributed by atoms with van der Waals surface area (Å²) in [5.74, 6) is 0.245. The van der Waals surface area contributed by atoms with Crippen LogP contribution >= 0.6 is 0 Å². The molecule has 1 unspecified atom stereocenters. The Morgan fingerprint density at radius 2 is 1.94 bits per heavy atom. The molecular formula is C14H20O2. The molecule has 1 aliphatic heterocycles. The summed E-state index contributed by atoms with van der Waals surface area (Å²) in [6.07, 6.45) is 1.01. The minimum atomic E-state index is 0.221. The molecule has 0 aliphatic carbocycles. The summed E-state index contributed by atoms with van der Waals surface area (Å²) in [6, 6.07) is 8.47. The molecule has 1 atom stereocenters. The third-order valence-corrected chi connectivity index (χ3v) is 3.41. The average Bonchev–Trinajstić information content (AvgIpc) is 2.25. The predicted molar refractivity (Wildman–Crippen MR) is 64.5 cm³/mol. The highest BCUT2D eigenvalue weighted by Gasteiger charge is 2.35. The van der Waals surface area contributed by atoms with Gasteiger partial charge in [0, 0.05) is 17.9 Å². The number of ether oxygens (including phenoxy) is 1. The maximum absolute atomic E-state index is 9.49. The molecule has 0 saturated carbocycles. The van der Waals surface area contributed by atoms with E-state index in [9.17, 15) is 5.11 Å². The van der Waals surface area contributed by atoms with Crippen LogP contribution < -0.4 is 0 Å². The van der Waals surface area contributed by atoms with Gasteiger partial charge in [0.1, 0.15) is 0 Å².